The second kappa shape index (κ2) is 6.17. The minimum atomic E-state index is -0.384. The van der Waals surface area contributed by atoms with Gasteiger partial charge in [0.05, 0.1) is 9.50 Å². The summed E-state index contributed by atoms with van der Waals surface area (Å²) < 4.78 is 18.6. The topological polar surface area (TPSA) is 26.3 Å². The highest BCUT2D eigenvalue weighted by Crippen LogP contribution is 2.22. The van der Waals surface area contributed by atoms with Gasteiger partial charge in [0, 0.05) is 5.56 Å². The fraction of sp³-hybridized carbons (Fsp3) is 0.0714. The average Bonchev–Trinajstić information content (AvgIpc) is 2.40. The summed E-state index contributed by atoms with van der Waals surface area (Å²) >= 11 is 8.96. The van der Waals surface area contributed by atoms with Crippen molar-refractivity contribution in [2.45, 2.75) is 0 Å². The van der Waals surface area contributed by atoms with E-state index in [-0.39, 0.29) is 22.7 Å². The zero-order chi connectivity index (χ0) is 13.8. The van der Waals surface area contributed by atoms with Crippen LogP contribution in [0.15, 0.2) is 46.9 Å². The fourth-order valence-corrected chi connectivity index (χ4v) is 2.08. The molecule has 98 valence electrons. The van der Waals surface area contributed by atoms with Crippen molar-refractivity contribution in [3.05, 3.63) is 63.3 Å². The minimum Gasteiger partial charge on any atom is -0.485 e. The lowest BCUT2D eigenvalue weighted by Gasteiger charge is -2.07. The largest absolute Gasteiger partial charge is 0.485 e. The lowest BCUT2D eigenvalue weighted by atomic mass is 10.1. The Balaban J connectivity index is 2.04. The van der Waals surface area contributed by atoms with Gasteiger partial charge in [-0.1, -0.05) is 23.7 Å². The highest BCUT2D eigenvalue weighted by atomic mass is 79.9. The van der Waals surface area contributed by atoms with Crippen molar-refractivity contribution in [1.29, 1.82) is 0 Å². The molecule has 2 nitrogen and oxygen atoms in total. The SMILES string of the molecule is O=C(COc1ccc(F)c(Br)c1)c1ccccc1Cl. The Bertz CT molecular complexity index is 616. The zero-order valence-corrected chi connectivity index (χ0v) is 12.0. The summed E-state index contributed by atoms with van der Waals surface area (Å²) in [6, 6.07) is 10.9. The second-order valence-electron chi connectivity index (χ2n) is 3.77. The van der Waals surface area contributed by atoms with E-state index in [4.69, 9.17) is 16.3 Å². The number of rotatable bonds is 4. The van der Waals surface area contributed by atoms with Crippen molar-refractivity contribution in [3.8, 4) is 5.75 Å². The number of carbonyl (C=O) groups is 1. The Morgan fingerprint density at radius 3 is 2.68 bits per heavy atom. The van der Waals surface area contributed by atoms with Crippen molar-refractivity contribution < 1.29 is 13.9 Å². The van der Waals surface area contributed by atoms with E-state index in [9.17, 15) is 9.18 Å². The summed E-state index contributed by atoms with van der Waals surface area (Å²) in [4.78, 5) is 11.9. The number of carbonyl (C=O) groups excluding carboxylic acids is 1. The van der Waals surface area contributed by atoms with Gasteiger partial charge in [-0.15, -0.1) is 0 Å². The maximum absolute atomic E-state index is 13.0. The van der Waals surface area contributed by atoms with Gasteiger partial charge in [0.15, 0.2) is 6.61 Å². The molecule has 0 spiro atoms. The Kier molecular flexibility index (Phi) is 4.56. The Labute approximate surface area is 123 Å². The molecule has 19 heavy (non-hydrogen) atoms. The van der Waals surface area contributed by atoms with Gasteiger partial charge in [0.2, 0.25) is 5.78 Å². The first-order valence-corrected chi connectivity index (χ1v) is 6.60. The molecular formula is C14H9BrClFO2. The van der Waals surface area contributed by atoms with Crippen molar-refractivity contribution in [2.24, 2.45) is 0 Å². The lowest BCUT2D eigenvalue weighted by Crippen LogP contribution is -2.12. The molecule has 5 heteroatoms. The van der Waals surface area contributed by atoms with E-state index in [0.717, 1.165) is 0 Å². The van der Waals surface area contributed by atoms with Gasteiger partial charge in [0.25, 0.3) is 0 Å². The third-order valence-corrected chi connectivity index (χ3v) is 3.37. The third kappa shape index (κ3) is 3.55. The maximum Gasteiger partial charge on any atom is 0.201 e. The molecule has 0 atom stereocenters. The summed E-state index contributed by atoms with van der Waals surface area (Å²) in [6.45, 7) is -0.151. The molecular weight excluding hydrogens is 335 g/mol. The number of Topliss-reactive ketones (excluding diaryl/α,β-unsaturated/α-hetero) is 1. The Morgan fingerprint density at radius 1 is 1.26 bits per heavy atom. The van der Waals surface area contributed by atoms with Gasteiger partial charge in [-0.05, 0) is 46.3 Å². The molecule has 0 bridgehead atoms. The first-order valence-electron chi connectivity index (χ1n) is 5.43. The van der Waals surface area contributed by atoms with E-state index in [0.29, 0.717) is 16.3 Å². The van der Waals surface area contributed by atoms with Crippen LogP contribution in [0.25, 0.3) is 0 Å². The number of ether oxygens (including phenoxy) is 1. The summed E-state index contributed by atoms with van der Waals surface area (Å²) in [5, 5.41) is 0.386. The van der Waals surface area contributed by atoms with E-state index in [2.05, 4.69) is 15.9 Å². The van der Waals surface area contributed by atoms with Crippen molar-refractivity contribution in [3.63, 3.8) is 0 Å². The molecule has 2 aromatic rings. The number of hydrogen-bond acceptors (Lipinski definition) is 2. The van der Waals surface area contributed by atoms with Crippen molar-refractivity contribution in [1.82, 2.24) is 0 Å². The smallest absolute Gasteiger partial charge is 0.201 e. The van der Waals surface area contributed by atoms with Gasteiger partial charge < -0.3 is 4.74 Å². The van der Waals surface area contributed by atoms with Crippen molar-refractivity contribution >= 4 is 33.3 Å². The van der Waals surface area contributed by atoms with Crippen LogP contribution in [0.5, 0.6) is 5.75 Å². The molecule has 0 aliphatic rings. The lowest BCUT2D eigenvalue weighted by molar-refractivity contribution is 0.0921. The number of benzene rings is 2. The van der Waals surface area contributed by atoms with E-state index in [1.54, 1.807) is 24.3 Å². The summed E-state index contributed by atoms with van der Waals surface area (Å²) in [5.74, 6) is -0.204. The van der Waals surface area contributed by atoms with E-state index < -0.39 is 0 Å². The fourth-order valence-electron chi connectivity index (χ4n) is 1.48. The molecule has 2 rings (SSSR count). The molecule has 0 heterocycles. The first-order chi connectivity index (χ1) is 9.08. The predicted octanol–water partition coefficient (Wildman–Crippen LogP) is 4.50. The van der Waals surface area contributed by atoms with E-state index in [1.807, 2.05) is 0 Å². The molecule has 0 radical (unpaired) electrons. The van der Waals surface area contributed by atoms with Crippen LogP contribution in [0, 0.1) is 5.82 Å². The van der Waals surface area contributed by atoms with Gasteiger partial charge in [0.1, 0.15) is 11.6 Å². The molecule has 0 fully saturated rings. The quantitative estimate of drug-likeness (QED) is 0.764. The van der Waals surface area contributed by atoms with Gasteiger partial charge in [-0.25, -0.2) is 4.39 Å². The van der Waals surface area contributed by atoms with Crippen LogP contribution in [0.3, 0.4) is 0 Å². The number of halogens is 3. The molecule has 2 aromatic carbocycles. The monoisotopic (exact) mass is 342 g/mol. The Hall–Kier alpha value is -1.39. The molecule has 0 unspecified atom stereocenters. The molecule has 0 aliphatic carbocycles. The summed E-state index contributed by atoms with van der Waals surface area (Å²) in [6.07, 6.45) is 0. The zero-order valence-electron chi connectivity index (χ0n) is 9.70. The summed E-state index contributed by atoms with van der Waals surface area (Å²) in [7, 11) is 0. The maximum atomic E-state index is 13.0. The van der Waals surface area contributed by atoms with Crippen LogP contribution in [0.2, 0.25) is 5.02 Å². The van der Waals surface area contributed by atoms with Crippen LogP contribution in [0.1, 0.15) is 10.4 Å². The molecule has 0 aromatic heterocycles. The molecule has 0 aliphatic heterocycles. The second-order valence-corrected chi connectivity index (χ2v) is 5.03. The van der Waals surface area contributed by atoms with Crippen molar-refractivity contribution in [2.75, 3.05) is 6.61 Å². The van der Waals surface area contributed by atoms with Gasteiger partial charge >= 0.3 is 0 Å². The highest BCUT2D eigenvalue weighted by molar-refractivity contribution is 9.10. The first kappa shape index (κ1) is 14.0. The molecule has 0 N–H and O–H groups in total. The van der Waals surface area contributed by atoms with E-state index >= 15 is 0 Å². The Morgan fingerprint density at radius 2 is 2.00 bits per heavy atom. The highest BCUT2D eigenvalue weighted by Gasteiger charge is 2.11. The standard InChI is InChI=1S/C14H9BrClFO2/c15-11-7-9(5-6-13(11)17)19-8-14(18)10-3-1-2-4-12(10)16/h1-7H,8H2. The number of ketones is 1. The van der Waals surface area contributed by atoms with Gasteiger partial charge in [-0.2, -0.15) is 0 Å². The van der Waals surface area contributed by atoms with E-state index in [1.165, 1.54) is 18.2 Å². The normalized spacial score (nSPS) is 10.3. The van der Waals surface area contributed by atoms with Gasteiger partial charge in [-0.3, -0.25) is 4.79 Å². The minimum absolute atomic E-state index is 0.151. The van der Waals surface area contributed by atoms with Crippen LogP contribution >= 0.6 is 27.5 Å². The number of hydrogen-bond donors (Lipinski definition) is 0. The van der Waals surface area contributed by atoms with Crippen LogP contribution in [0.4, 0.5) is 4.39 Å². The third-order valence-electron chi connectivity index (χ3n) is 2.44. The molecule has 0 amide bonds. The predicted molar refractivity (Wildman–Crippen MR) is 75.4 cm³/mol. The molecule has 0 saturated carbocycles. The molecule has 0 saturated heterocycles. The van der Waals surface area contributed by atoms with Crippen LogP contribution in [-0.2, 0) is 0 Å². The average molecular weight is 344 g/mol. The van der Waals surface area contributed by atoms with Crippen LogP contribution in [-0.4, -0.2) is 12.4 Å². The summed E-state index contributed by atoms with van der Waals surface area (Å²) in [5.41, 5.74) is 0.408. The van der Waals surface area contributed by atoms with Crippen LogP contribution < -0.4 is 4.74 Å².